The number of nitriles is 1. The molecule has 104 valence electrons. The van der Waals surface area contributed by atoms with Crippen molar-refractivity contribution in [2.24, 2.45) is 5.41 Å². The van der Waals surface area contributed by atoms with Crippen molar-refractivity contribution in [3.05, 3.63) is 23.8 Å². The molecule has 0 aliphatic heterocycles. The Morgan fingerprint density at radius 3 is 2.47 bits per heavy atom. The summed E-state index contributed by atoms with van der Waals surface area (Å²) in [6.07, 6.45) is 0. The van der Waals surface area contributed by atoms with Crippen LogP contribution in [0, 0.1) is 16.7 Å². The zero-order valence-electron chi connectivity index (χ0n) is 11.5. The van der Waals surface area contributed by atoms with Gasteiger partial charge in [0.25, 0.3) is 0 Å². The van der Waals surface area contributed by atoms with Crippen molar-refractivity contribution in [1.29, 1.82) is 5.26 Å². The summed E-state index contributed by atoms with van der Waals surface area (Å²) in [7, 11) is -2.11. The third kappa shape index (κ3) is 4.45. The van der Waals surface area contributed by atoms with Crippen LogP contribution in [-0.4, -0.2) is 21.3 Å². The number of methoxy groups -OCH3 is 1. The molecule has 6 heteroatoms. The summed E-state index contributed by atoms with van der Waals surface area (Å²) in [4.78, 5) is 0. The highest BCUT2D eigenvalue weighted by molar-refractivity contribution is 7.92. The van der Waals surface area contributed by atoms with Gasteiger partial charge in [-0.3, -0.25) is 4.72 Å². The fraction of sp³-hybridized carbons (Fsp3) is 0.462. The third-order valence-electron chi connectivity index (χ3n) is 2.25. The van der Waals surface area contributed by atoms with Crippen LogP contribution < -0.4 is 9.46 Å². The number of para-hydroxylation sites is 1. The van der Waals surface area contributed by atoms with E-state index in [1.807, 2.05) is 26.8 Å². The van der Waals surface area contributed by atoms with Crippen LogP contribution in [0.5, 0.6) is 5.75 Å². The molecule has 0 atom stereocenters. The Hall–Kier alpha value is -1.74. The van der Waals surface area contributed by atoms with Gasteiger partial charge in [-0.1, -0.05) is 26.8 Å². The number of nitrogens with zero attached hydrogens (tertiary/aromatic N) is 1. The number of rotatable bonds is 4. The Morgan fingerprint density at radius 2 is 2.00 bits per heavy atom. The van der Waals surface area contributed by atoms with E-state index >= 15 is 0 Å². The monoisotopic (exact) mass is 282 g/mol. The molecule has 0 aliphatic rings. The Morgan fingerprint density at radius 1 is 1.37 bits per heavy atom. The van der Waals surface area contributed by atoms with Crippen molar-refractivity contribution < 1.29 is 13.2 Å². The van der Waals surface area contributed by atoms with Crippen LogP contribution >= 0.6 is 0 Å². The first-order valence-corrected chi connectivity index (χ1v) is 7.41. The maximum absolute atomic E-state index is 12.1. The molecular weight excluding hydrogens is 264 g/mol. The van der Waals surface area contributed by atoms with E-state index in [0.29, 0.717) is 5.75 Å². The van der Waals surface area contributed by atoms with Crippen molar-refractivity contribution in [3.63, 3.8) is 0 Å². The van der Waals surface area contributed by atoms with Crippen molar-refractivity contribution in [2.75, 3.05) is 17.6 Å². The minimum Gasteiger partial charge on any atom is -0.495 e. The summed E-state index contributed by atoms with van der Waals surface area (Å²) in [6.45, 7) is 5.50. The summed E-state index contributed by atoms with van der Waals surface area (Å²) in [5.74, 6) is 0.291. The van der Waals surface area contributed by atoms with Gasteiger partial charge in [0, 0.05) is 0 Å². The largest absolute Gasteiger partial charge is 0.495 e. The van der Waals surface area contributed by atoms with Crippen molar-refractivity contribution in [1.82, 2.24) is 0 Å². The van der Waals surface area contributed by atoms with Crippen molar-refractivity contribution >= 4 is 15.7 Å². The summed E-state index contributed by atoms with van der Waals surface area (Å²) >= 11 is 0. The molecule has 0 bridgehead atoms. The predicted molar refractivity (Wildman–Crippen MR) is 74.6 cm³/mol. The maximum atomic E-state index is 12.1. The van der Waals surface area contributed by atoms with E-state index in [0.717, 1.165) is 0 Å². The number of hydrogen-bond acceptors (Lipinski definition) is 4. The summed E-state index contributed by atoms with van der Waals surface area (Å²) in [5.41, 5.74) is 0.0503. The predicted octanol–water partition coefficient (Wildman–Crippen LogP) is 2.35. The maximum Gasteiger partial charge on any atom is 0.233 e. The van der Waals surface area contributed by atoms with Gasteiger partial charge in [0.1, 0.15) is 17.5 Å². The highest BCUT2D eigenvalue weighted by Crippen LogP contribution is 2.29. The first-order chi connectivity index (χ1) is 8.68. The zero-order valence-corrected chi connectivity index (χ0v) is 12.3. The van der Waals surface area contributed by atoms with Crippen LogP contribution in [-0.2, 0) is 10.0 Å². The van der Waals surface area contributed by atoms with E-state index in [1.54, 1.807) is 12.1 Å². The topological polar surface area (TPSA) is 79.2 Å². The minimum absolute atomic E-state index is 0.0388. The fourth-order valence-electron chi connectivity index (χ4n) is 1.66. The van der Waals surface area contributed by atoms with E-state index < -0.39 is 10.0 Å². The molecule has 5 nitrogen and oxygen atoms in total. The molecule has 0 spiro atoms. The SMILES string of the molecule is COc1cccc(C#N)c1NS(=O)(=O)CC(C)(C)C. The lowest BCUT2D eigenvalue weighted by Gasteiger charge is -2.20. The quantitative estimate of drug-likeness (QED) is 0.919. The first-order valence-electron chi connectivity index (χ1n) is 5.76. The molecular formula is C13H18N2O3S. The van der Waals surface area contributed by atoms with Crippen molar-refractivity contribution in [3.8, 4) is 11.8 Å². The van der Waals surface area contributed by atoms with Crippen LogP contribution in [0.4, 0.5) is 5.69 Å². The second-order valence-corrected chi connectivity index (χ2v) is 7.14. The lowest BCUT2D eigenvalue weighted by Crippen LogP contribution is -2.26. The number of benzene rings is 1. The second kappa shape index (κ2) is 5.49. The Labute approximate surface area is 114 Å². The zero-order chi connectivity index (χ0) is 14.7. The van der Waals surface area contributed by atoms with Crippen molar-refractivity contribution in [2.45, 2.75) is 20.8 Å². The smallest absolute Gasteiger partial charge is 0.233 e. The summed E-state index contributed by atoms with van der Waals surface area (Å²) in [6, 6.07) is 6.73. The standard InChI is InChI=1S/C13H18N2O3S/c1-13(2,3)9-19(16,17)15-12-10(8-14)6-5-7-11(12)18-4/h5-7,15H,9H2,1-4H3. The van der Waals surface area contributed by atoms with Gasteiger partial charge in [-0.2, -0.15) is 5.26 Å². The fourth-order valence-corrected chi connectivity index (χ4v) is 3.40. The third-order valence-corrected chi connectivity index (χ3v) is 4.01. The van der Waals surface area contributed by atoms with E-state index in [1.165, 1.54) is 13.2 Å². The van der Waals surface area contributed by atoms with Crippen LogP contribution in [0.25, 0.3) is 0 Å². The number of sulfonamides is 1. The summed E-state index contributed by atoms with van der Waals surface area (Å²) < 4.78 is 31.7. The van der Waals surface area contributed by atoms with E-state index in [9.17, 15) is 8.42 Å². The van der Waals surface area contributed by atoms with Crippen LogP contribution in [0.15, 0.2) is 18.2 Å². The molecule has 0 amide bonds. The molecule has 19 heavy (non-hydrogen) atoms. The molecule has 0 saturated heterocycles. The molecule has 0 radical (unpaired) electrons. The molecule has 0 heterocycles. The molecule has 1 aromatic carbocycles. The van der Waals surface area contributed by atoms with Crippen LogP contribution in [0.2, 0.25) is 0 Å². The van der Waals surface area contributed by atoms with Gasteiger partial charge in [-0.05, 0) is 17.5 Å². The minimum atomic E-state index is -3.54. The Bertz CT molecular complexity index is 595. The average Bonchev–Trinajstić information content (AvgIpc) is 2.25. The first kappa shape index (κ1) is 15.3. The van der Waals surface area contributed by atoms with E-state index in [2.05, 4.69) is 4.72 Å². The van der Waals surface area contributed by atoms with Gasteiger partial charge in [0.2, 0.25) is 10.0 Å². The normalized spacial score (nSPS) is 11.7. The van der Waals surface area contributed by atoms with E-state index in [-0.39, 0.29) is 22.4 Å². The highest BCUT2D eigenvalue weighted by Gasteiger charge is 2.23. The van der Waals surface area contributed by atoms with Gasteiger partial charge >= 0.3 is 0 Å². The van der Waals surface area contributed by atoms with Crippen LogP contribution in [0.3, 0.4) is 0 Å². The van der Waals surface area contributed by atoms with Gasteiger partial charge in [0.05, 0.1) is 18.4 Å². The van der Waals surface area contributed by atoms with Gasteiger partial charge < -0.3 is 4.74 Å². The average molecular weight is 282 g/mol. The number of ether oxygens (including phenoxy) is 1. The molecule has 1 aromatic rings. The molecule has 0 aromatic heterocycles. The molecule has 0 saturated carbocycles. The molecule has 0 fully saturated rings. The van der Waals surface area contributed by atoms with Gasteiger partial charge in [-0.25, -0.2) is 8.42 Å². The van der Waals surface area contributed by atoms with Gasteiger partial charge in [0.15, 0.2) is 0 Å². The van der Waals surface area contributed by atoms with Crippen LogP contribution in [0.1, 0.15) is 26.3 Å². The van der Waals surface area contributed by atoms with E-state index in [4.69, 9.17) is 10.00 Å². The molecule has 0 aliphatic carbocycles. The molecule has 1 rings (SSSR count). The van der Waals surface area contributed by atoms with Gasteiger partial charge in [-0.15, -0.1) is 0 Å². The lowest BCUT2D eigenvalue weighted by molar-refractivity contribution is 0.416. The highest BCUT2D eigenvalue weighted by atomic mass is 32.2. The Kier molecular flexibility index (Phi) is 4.43. The Balaban J connectivity index is 3.16. The second-order valence-electron chi connectivity index (χ2n) is 5.42. The molecule has 1 N–H and O–H groups in total. The lowest BCUT2D eigenvalue weighted by atomic mass is 10.0. The summed E-state index contributed by atoms with van der Waals surface area (Å²) in [5, 5.41) is 9.03. The number of hydrogen-bond donors (Lipinski definition) is 1. The molecule has 0 unspecified atom stereocenters. The number of nitrogens with one attached hydrogen (secondary N) is 1. The number of anilines is 1.